The molecule has 0 bridgehead atoms. The number of carbonyl (C=O) groups excluding carboxylic acids is 2. The maximum absolute atomic E-state index is 13.1. The van der Waals surface area contributed by atoms with Crippen molar-refractivity contribution in [3.63, 3.8) is 0 Å². The van der Waals surface area contributed by atoms with Crippen molar-refractivity contribution < 1.29 is 18.7 Å². The Labute approximate surface area is 130 Å². The minimum Gasteiger partial charge on any atom is -0.451 e. The topological polar surface area (TPSA) is 73.2 Å². The smallest absolute Gasteiger partial charge is 0.357 e. The highest BCUT2D eigenvalue weighted by Crippen LogP contribution is 2.22. The van der Waals surface area contributed by atoms with E-state index >= 15 is 0 Å². The Morgan fingerprint density at radius 1 is 1.36 bits per heavy atom. The molecule has 0 fully saturated rings. The maximum atomic E-state index is 13.1. The van der Waals surface area contributed by atoms with E-state index in [1.807, 2.05) is 6.26 Å². The largest absolute Gasteiger partial charge is 0.451 e. The Balaban J connectivity index is 2.32. The van der Waals surface area contributed by atoms with Gasteiger partial charge in [-0.1, -0.05) is 11.8 Å². The molecule has 0 radical (unpaired) electrons. The molecular weight excluding hydrogens is 309 g/mol. The normalized spacial score (nSPS) is 10.3. The van der Waals surface area contributed by atoms with Crippen LogP contribution in [0.2, 0.25) is 0 Å². The molecule has 0 aliphatic rings. The number of hydrogen-bond acceptors (Lipinski definition) is 5. The molecule has 22 heavy (non-hydrogen) atoms. The Hall–Kier alpha value is -2.35. The quantitative estimate of drug-likeness (QED) is 0.669. The van der Waals surface area contributed by atoms with E-state index in [0.29, 0.717) is 10.8 Å². The van der Waals surface area contributed by atoms with E-state index in [0.717, 1.165) is 0 Å². The van der Waals surface area contributed by atoms with E-state index in [1.54, 1.807) is 4.57 Å². The zero-order chi connectivity index (χ0) is 16.1. The number of halogens is 1. The number of ether oxygens (including phenoxy) is 1. The molecular formula is C14H14FN3O3S. The molecule has 0 atom stereocenters. The van der Waals surface area contributed by atoms with E-state index in [2.05, 4.69) is 10.3 Å². The van der Waals surface area contributed by atoms with Crippen molar-refractivity contribution >= 4 is 23.6 Å². The average Bonchev–Trinajstić information content (AvgIpc) is 2.97. The van der Waals surface area contributed by atoms with Crippen LogP contribution >= 0.6 is 11.8 Å². The minimum absolute atomic E-state index is 0.167. The van der Waals surface area contributed by atoms with E-state index < -0.39 is 11.9 Å². The van der Waals surface area contributed by atoms with Gasteiger partial charge < -0.3 is 10.1 Å². The van der Waals surface area contributed by atoms with Crippen LogP contribution in [0.15, 0.2) is 35.6 Å². The summed E-state index contributed by atoms with van der Waals surface area (Å²) in [6.07, 6.45) is 3.17. The zero-order valence-corrected chi connectivity index (χ0v) is 12.8. The molecule has 2 rings (SSSR count). The highest BCUT2D eigenvalue weighted by molar-refractivity contribution is 7.98. The zero-order valence-electron chi connectivity index (χ0n) is 12.0. The van der Waals surface area contributed by atoms with Gasteiger partial charge in [0.1, 0.15) is 5.82 Å². The highest BCUT2D eigenvalue weighted by atomic mass is 32.2. The van der Waals surface area contributed by atoms with Crippen molar-refractivity contribution in [3.8, 4) is 5.69 Å². The molecule has 1 N–H and O–H groups in total. The third-order valence-electron chi connectivity index (χ3n) is 2.82. The predicted octanol–water partition coefficient (Wildman–Crippen LogP) is 1.64. The average molecular weight is 323 g/mol. The van der Waals surface area contributed by atoms with Crippen molar-refractivity contribution in [1.29, 1.82) is 0 Å². The van der Waals surface area contributed by atoms with Crippen LogP contribution in [-0.2, 0) is 9.53 Å². The molecule has 8 heteroatoms. The van der Waals surface area contributed by atoms with E-state index in [9.17, 15) is 14.0 Å². The van der Waals surface area contributed by atoms with Gasteiger partial charge >= 0.3 is 5.97 Å². The van der Waals surface area contributed by atoms with Crippen molar-refractivity contribution in [1.82, 2.24) is 14.9 Å². The number of aromatic nitrogens is 2. The molecule has 0 saturated heterocycles. The Kier molecular flexibility index (Phi) is 5.16. The molecule has 0 aliphatic carbocycles. The number of likely N-dealkylation sites (N-methyl/N-ethyl adjacent to an activating group) is 1. The third kappa shape index (κ3) is 3.45. The number of nitrogens with zero attached hydrogens (tertiary/aromatic N) is 2. The lowest BCUT2D eigenvalue weighted by molar-refractivity contribution is -0.123. The number of amides is 1. The predicted molar refractivity (Wildman–Crippen MR) is 79.7 cm³/mol. The van der Waals surface area contributed by atoms with Crippen LogP contribution in [-0.4, -0.2) is 41.3 Å². The van der Waals surface area contributed by atoms with Gasteiger partial charge in [-0.15, -0.1) is 0 Å². The van der Waals surface area contributed by atoms with E-state index in [4.69, 9.17) is 4.74 Å². The van der Waals surface area contributed by atoms with Crippen LogP contribution < -0.4 is 5.32 Å². The fourth-order valence-corrected chi connectivity index (χ4v) is 2.28. The van der Waals surface area contributed by atoms with Gasteiger partial charge in [-0.25, -0.2) is 14.2 Å². The monoisotopic (exact) mass is 323 g/mol. The highest BCUT2D eigenvalue weighted by Gasteiger charge is 2.19. The number of benzene rings is 1. The number of hydrogen-bond donors (Lipinski definition) is 1. The molecule has 0 aliphatic heterocycles. The van der Waals surface area contributed by atoms with Gasteiger partial charge in [0.2, 0.25) is 0 Å². The molecule has 1 aromatic heterocycles. The number of rotatable bonds is 5. The number of imidazole rings is 1. The summed E-state index contributed by atoms with van der Waals surface area (Å²) in [4.78, 5) is 27.4. The molecule has 0 spiro atoms. The summed E-state index contributed by atoms with van der Waals surface area (Å²) in [5, 5.41) is 2.91. The van der Waals surface area contributed by atoms with Gasteiger partial charge in [-0.3, -0.25) is 9.36 Å². The van der Waals surface area contributed by atoms with Crippen LogP contribution in [0.1, 0.15) is 10.5 Å². The summed E-state index contributed by atoms with van der Waals surface area (Å²) >= 11 is 1.33. The third-order valence-corrected chi connectivity index (χ3v) is 3.47. The molecule has 2 aromatic rings. The van der Waals surface area contributed by atoms with Crippen LogP contribution in [0.4, 0.5) is 4.39 Å². The van der Waals surface area contributed by atoms with Gasteiger partial charge in [-0.2, -0.15) is 0 Å². The van der Waals surface area contributed by atoms with Gasteiger partial charge in [-0.05, 0) is 30.5 Å². The minimum atomic E-state index is -0.680. The van der Waals surface area contributed by atoms with Crippen molar-refractivity contribution in [2.75, 3.05) is 19.9 Å². The SMILES string of the molecule is CNC(=O)COC(=O)c1cnc(SC)n1-c1ccc(F)cc1. The molecule has 0 saturated carbocycles. The summed E-state index contributed by atoms with van der Waals surface area (Å²) < 4.78 is 19.5. The van der Waals surface area contributed by atoms with Gasteiger partial charge in [0, 0.05) is 12.7 Å². The summed E-state index contributed by atoms with van der Waals surface area (Å²) in [7, 11) is 1.45. The summed E-state index contributed by atoms with van der Waals surface area (Å²) in [6, 6.07) is 5.65. The van der Waals surface area contributed by atoms with Gasteiger partial charge in [0.15, 0.2) is 17.5 Å². The van der Waals surface area contributed by atoms with Crippen LogP contribution in [0.3, 0.4) is 0 Å². The first kappa shape index (κ1) is 16.0. The van der Waals surface area contributed by atoms with Crippen molar-refractivity contribution in [3.05, 3.63) is 42.0 Å². The Morgan fingerprint density at radius 3 is 2.64 bits per heavy atom. The lowest BCUT2D eigenvalue weighted by atomic mass is 10.3. The Morgan fingerprint density at radius 2 is 2.05 bits per heavy atom. The maximum Gasteiger partial charge on any atom is 0.357 e. The van der Waals surface area contributed by atoms with Crippen LogP contribution in [0.25, 0.3) is 5.69 Å². The van der Waals surface area contributed by atoms with E-state index in [1.165, 1.54) is 49.3 Å². The van der Waals surface area contributed by atoms with Crippen molar-refractivity contribution in [2.24, 2.45) is 0 Å². The van der Waals surface area contributed by atoms with Gasteiger partial charge in [0.25, 0.3) is 5.91 Å². The fourth-order valence-electron chi connectivity index (χ4n) is 1.74. The van der Waals surface area contributed by atoms with E-state index in [-0.39, 0.29) is 18.1 Å². The second-order valence-corrected chi connectivity index (χ2v) is 4.96. The first-order valence-corrected chi connectivity index (χ1v) is 7.54. The number of nitrogens with one attached hydrogen (secondary N) is 1. The van der Waals surface area contributed by atoms with Gasteiger partial charge in [0.05, 0.1) is 6.20 Å². The Bertz CT molecular complexity index is 685. The van der Waals surface area contributed by atoms with Crippen LogP contribution in [0, 0.1) is 5.82 Å². The molecule has 1 heterocycles. The molecule has 6 nitrogen and oxygen atoms in total. The second-order valence-electron chi connectivity index (χ2n) is 4.19. The lowest BCUT2D eigenvalue weighted by Crippen LogP contribution is -2.25. The molecule has 0 unspecified atom stereocenters. The summed E-state index contributed by atoms with van der Waals surface area (Å²) in [6.45, 7) is -0.376. The first-order valence-electron chi connectivity index (χ1n) is 6.32. The molecule has 1 aromatic carbocycles. The summed E-state index contributed by atoms with van der Waals surface area (Å²) in [5.74, 6) is -1.47. The lowest BCUT2D eigenvalue weighted by Gasteiger charge is -2.10. The molecule has 116 valence electrons. The second kappa shape index (κ2) is 7.08. The summed E-state index contributed by atoms with van der Waals surface area (Å²) in [5.41, 5.74) is 0.745. The van der Waals surface area contributed by atoms with Crippen LogP contribution in [0.5, 0.6) is 0 Å². The molecule has 1 amide bonds. The standard InChI is InChI=1S/C14H14FN3O3S/c1-16-12(19)8-21-13(20)11-7-17-14(22-2)18(11)10-5-3-9(15)4-6-10/h3-7H,8H2,1-2H3,(H,16,19). The van der Waals surface area contributed by atoms with Crippen molar-refractivity contribution in [2.45, 2.75) is 5.16 Å². The number of carbonyl (C=O) groups is 2. The first-order chi connectivity index (χ1) is 10.6. The number of esters is 1. The number of thioether (sulfide) groups is 1. The fraction of sp³-hybridized carbons (Fsp3) is 0.214.